The first kappa shape index (κ1) is 26.6. The van der Waals surface area contributed by atoms with Crippen molar-refractivity contribution in [3.8, 4) is 0 Å². The molecule has 2 amide bonds. The van der Waals surface area contributed by atoms with Crippen molar-refractivity contribution in [1.82, 2.24) is 24.9 Å². The zero-order chi connectivity index (χ0) is 23.2. The van der Waals surface area contributed by atoms with Crippen LogP contribution < -0.4 is 5.32 Å². The molecule has 4 N–H and O–H groups in total. The minimum absolute atomic E-state index is 0.100. The number of carboxylic acids is 2. The van der Waals surface area contributed by atoms with Crippen LogP contribution in [0.15, 0.2) is 0 Å². The molecule has 0 saturated carbocycles. The highest BCUT2D eigenvalue weighted by Crippen LogP contribution is 2.02. The van der Waals surface area contributed by atoms with Crippen LogP contribution in [-0.2, 0) is 14.4 Å². The maximum absolute atomic E-state index is 12.2. The fourth-order valence-corrected chi connectivity index (χ4v) is 3.25. The zero-order valence-electron chi connectivity index (χ0n) is 18.2. The summed E-state index contributed by atoms with van der Waals surface area (Å²) in [5.74, 6) is -2.17. The van der Waals surface area contributed by atoms with E-state index in [1.54, 1.807) is 9.80 Å². The van der Waals surface area contributed by atoms with Crippen LogP contribution in [0.3, 0.4) is 0 Å². The van der Waals surface area contributed by atoms with Gasteiger partial charge in [-0.15, -0.1) is 0 Å². The van der Waals surface area contributed by atoms with Crippen LogP contribution >= 0.6 is 0 Å². The molecule has 1 heterocycles. The second-order valence-electron chi connectivity index (χ2n) is 7.59. The van der Waals surface area contributed by atoms with Gasteiger partial charge in [-0.1, -0.05) is 13.3 Å². The lowest BCUT2D eigenvalue weighted by atomic mass is 10.3. The molecule has 12 heteroatoms. The Morgan fingerprint density at radius 2 is 1.13 bits per heavy atom. The van der Waals surface area contributed by atoms with Crippen LogP contribution in [-0.4, -0.2) is 137 Å². The lowest BCUT2D eigenvalue weighted by Crippen LogP contribution is -2.50. The number of amides is 2. The predicted octanol–water partition coefficient (Wildman–Crippen LogP) is -1.03. The summed E-state index contributed by atoms with van der Waals surface area (Å²) in [7, 11) is 0. The number of aliphatic carboxylic acids is 2. The molecule has 0 radical (unpaired) electrons. The summed E-state index contributed by atoms with van der Waals surface area (Å²) in [6.45, 7) is 4.45. The third kappa shape index (κ3) is 12.1. The number of carboxylic acid groups (broad SMARTS) is 3. The molecule has 31 heavy (non-hydrogen) atoms. The second-order valence-corrected chi connectivity index (χ2v) is 7.59. The van der Waals surface area contributed by atoms with Gasteiger partial charge in [0.15, 0.2) is 0 Å². The average molecular weight is 446 g/mol. The molecule has 0 spiro atoms. The van der Waals surface area contributed by atoms with E-state index in [2.05, 4.69) is 5.32 Å². The topological polar surface area (TPSA) is 154 Å². The summed E-state index contributed by atoms with van der Waals surface area (Å²) in [5, 5.41) is 30.6. The Hall–Kier alpha value is -2.44. The van der Waals surface area contributed by atoms with Crippen molar-refractivity contribution in [1.29, 1.82) is 0 Å². The maximum Gasteiger partial charge on any atom is 0.407 e. The number of nitrogens with one attached hydrogen (secondary N) is 1. The molecule has 1 fully saturated rings. The summed E-state index contributed by atoms with van der Waals surface area (Å²) in [6.07, 6.45) is 0.727. The van der Waals surface area contributed by atoms with Crippen LogP contribution in [0.4, 0.5) is 4.79 Å². The van der Waals surface area contributed by atoms with Gasteiger partial charge in [0.1, 0.15) is 0 Å². The van der Waals surface area contributed by atoms with Gasteiger partial charge in [-0.25, -0.2) is 4.79 Å². The van der Waals surface area contributed by atoms with E-state index in [4.69, 9.17) is 5.11 Å². The number of unbranched alkanes of at least 4 members (excludes halogenated alkanes) is 1. The SMILES string of the molecule is CCCCNC(=O)CN1CCN(CC(=O)O)CCN(CC(=O)O)CCN(C(=O)O)CC1. The predicted molar refractivity (Wildman–Crippen MR) is 112 cm³/mol. The van der Waals surface area contributed by atoms with Crippen LogP contribution in [0, 0.1) is 0 Å². The molecule has 0 aromatic rings. The van der Waals surface area contributed by atoms with E-state index in [-0.39, 0.29) is 45.2 Å². The van der Waals surface area contributed by atoms with E-state index in [1.807, 2.05) is 11.8 Å². The van der Waals surface area contributed by atoms with E-state index >= 15 is 0 Å². The zero-order valence-corrected chi connectivity index (χ0v) is 18.2. The molecule has 12 nitrogen and oxygen atoms in total. The van der Waals surface area contributed by atoms with Gasteiger partial charge < -0.3 is 25.5 Å². The first-order chi connectivity index (χ1) is 14.7. The van der Waals surface area contributed by atoms with Gasteiger partial charge in [0.2, 0.25) is 5.91 Å². The molecular formula is C19H35N5O7. The number of nitrogens with zero attached hydrogens (tertiary/aromatic N) is 4. The van der Waals surface area contributed by atoms with Gasteiger partial charge in [-0.05, 0) is 6.42 Å². The smallest absolute Gasteiger partial charge is 0.407 e. The van der Waals surface area contributed by atoms with Crippen molar-refractivity contribution in [3.05, 3.63) is 0 Å². The van der Waals surface area contributed by atoms with Crippen molar-refractivity contribution in [3.63, 3.8) is 0 Å². The van der Waals surface area contributed by atoms with Crippen molar-refractivity contribution in [2.24, 2.45) is 0 Å². The van der Waals surface area contributed by atoms with E-state index in [9.17, 15) is 29.4 Å². The second kappa shape index (κ2) is 14.5. The normalized spacial score (nSPS) is 18.0. The molecule has 1 aliphatic heterocycles. The fraction of sp³-hybridized carbons (Fsp3) is 0.789. The van der Waals surface area contributed by atoms with Gasteiger partial charge in [-0.3, -0.25) is 29.1 Å². The van der Waals surface area contributed by atoms with Crippen molar-refractivity contribution >= 4 is 23.9 Å². The Labute approximate surface area is 182 Å². The molecular weight excluding hydrogens is 410 g/mol. The molecule has 0 bridgehead atoms. The lowest BCUT2D eigenvalue weighted by Gasteiger charge is -2.32. The summed E-state index contributed by atoms with van der Waals surface area (Å²) >= 11 is 0. The van der Waals surface area contributed by atoms with Crippen molar-refractivity contribution in [2.75, 3.05) is 78.5 Å². The quantitative estimate of drug-likeness (QED) is 0.324. The van der Waals surface area contributed by atoms with Gasteiger partial charge >= 0.3 is 18.0 Å². The van der Waals surface area contributed by atoms with Crippen LogP contribution in [0.2, 0.25) is 0 Å². The van der Waals surface area contributed by atoms with Crippen LogP contribution in [0.5, 0.6) is 0 Å². The molecule has 0 unspecified atom stereocenters. The summed E-state index contributed by atoms with van der Waals surface area (Å²) in [5.41, 5.74) is 0. The lowest BCUT2D eigenvalue weighted by molar-refractivity contribution is -0.140. The summed E-state index contributed by atoms with van der Waals surface area (Å²) in [4.78, 5) is 52.5. The number of carbonyl (C=O) groups excluding carboxylic acids is 1. The number of carbonyl (C=O) groups is 4. The molecule has 0 aromatic carbocycles. The highest BCUT2D eigenvalue weighted by atomic mass is 16.4. The highest BCUT2D eigenvalue weighted by molar-refractivity contribution is 5.78. The molecule has 1 aliphatic rings. The molecule has 0 atom stereocenters. The number of rotatable bonds is 9. The molecule has 0 aliphatic carbocycles. The molecule has 0 aromatic heterocycles. The van der Waals surface area contributed by atoms with Crippen LogP contribution in [0.1, 0.15) is 19.8 Å². The average Bonchev–Trinajstić information content (AvgIpc) is 2.67. The highest BCUT2D eigenvalue weighted by Gasteiger charge is 2.21. The minimum Gasteiger partial charge on any atom is -0.480 e. The minimum atomic E-state index is -1.10. The van der Waals surface area contributed by atoms with Gasteiger partial charge in [-0.2, -0.15) is 0 Å². The van der Waals surface area contributed by atoms with Gasteiger partial charge in [0, 0.05) is 58.9 Å². The third-order valence-electron chi connectivity index (χ3n) is 5.05. The Morgan fingerprint density at radius 3 is 1.52 bits per heavy atom. The number of hydrogen-bond donors (Lipinski definition) is 4. The third-order valence-corrected chi connectivity index (χ3v) is 5.05. The van der Waals surface area contributed by atoms with Crippen LogP contribution in [0.25, 0.3) is 0 Å². The van der Waals surface area contributed by atoms with E-state index in [1.165, 1.54) is 4.90 Å². The molecule has 178 valence electrons. The molecule has 1 rings (SSSR count). The van der Waals surface area contributed by atoms with E-state index < -0.39 is 18.0 Å². The summed E-state index contributed by atoms with van der Waals surface area (Å²) < 4.78 is 0. The van der Waals surface area contributed by atoms with E-state index in [0.29, 0.717) is 39.3 Å². The van der Waals surface area contributed by atoms with Gasteiger partial charge in [0.05, 0.1) is 19.6 Å². The Kier molecular flexibility index (Phi) is 12.5. The Bertz CT molecular complexity index is 604. The first-order valence-electron chi connectivity index (χ1n) is 10.6. The molecule has 1 saturated heterocycles. The Morgan fingerprint density at radius 1 is 0.710 bits per heavy atom. The monoisotopic (exact) mass is 445 g/mol. The van der Waals surface area contributed by atoms with Crippen molar-refractivity contribution in [2.45, 2.75) is 19.8 Å². The summed E-state index contributed by atoms with van der Waals surface area (Å²) in [6, 6.07) is 0. The maximum atomic E-state index is 12.2. The fourth-order valence-electron chi connectivity index (χ4n) is 3.25. The Balaban J connectivity index is 2.87. The first-order valence-corrected chi connectivity index (χ1v) is 10.6. The van der Waals surface area contributed by atoms with Gasteiger partial charge in [0.25, 0.3) is 0 Å². The van der Waals surface area contributed by atoms with Crippen molar-refractivity contribution < 1.29 is 34.5 Å². The number of hydrogen-bond acceptors (Lipinski definition) is 7. The van der Waals surface area contributed by atoms with E-state index in [0.717, 1.165) is 12.8 Å². The standard InChI is InChI=1S/C19H35N5O7/c1-2-3-4-20-16(25)13-21-5-6-22(14-17(26)27)7-8-23(15-18(28)29)10-12-24(11-9-21)19(30)31/h2-15H2,1H3,(H,20,25)(H,26,27)(H,28,29)(H,30,31). The largest absolute Gasteiger partial charge is 0.480 e.